The van der Waals surface area contributed by atoms with Crippen LogP contribution >= 0.6 is 11.8 Å². The molecule has 6 nitrogen and oxygen atoms in total. The number of rotatable bonds is 8. The number of para-hydroxylation sites is 1. The Hall–Kier alpha value is -2.77. The molecule has 2 aromatic carbocycles. The van der Waals surface area contributed by atoms with Gasteiger partial charge in [-0.05, 0) is 67.8 Å². The molecule has 33 heavy (non-hydrogen) atoms. The Balaban J connectivity index is 1.61. The summed E-state index contributed by atoms with van der Waals surface area (Å²) in [7, 11) is 3.35. The molecule has 0 bridgehead atoms. The normalized spacial score (nSPS) is 19.0. The monoisotopic (exact) mass is 465 g/mol. The van der Waals surface area contributed by atoms with Crippen LogP contribution in [0.3, 0.4) is 0 Å². The summed E-state index contributed by atoms with van der Waals surface area (Å²) in [4.78, 5) is 22.8. The molecule has 0 saturated carbocycles. The van der Waals surface area contributed by atoms with Crippen LogP contribution in [0.25, 0.3) is 6.08 Å². The molecule has 0 unspecified atom stereocenters. The van der Waals surface area contributed by atoms with E-state index in [1.165, 1.54) is 36.7 Å². The first kappa shape index (κ1) is 23.4. The molecular formula is C26H31N3O3S. The molecule has 7 heteroatoms. The molecule has 2 aromatic rings. The highest BCUT2D eigenvalue weighted by molar-refractivity contribution is 8.18. The molecule has 0 N–H and O–H groups in total. The lowest BCUT2D eigenvalue weighted by atomic mass is 10.1. The van der Waals surface area contributed by atoms with Gasteiger partial charge < -0.3 is 14.4 Å². The first-order chi connectivity index (χ1) is 16.2. The second-order valence-corrected chi connectivity index (χ2v) is 9.13. The van der Waals surface area contributed by atoms with Crippen LogP contribution in [-0.2, 0) is 9.53 Å². The third-order valence-electron chi connectivity index (χ3n) is 5.82. The number of ether oxygens (including phenoxy) is 2. The molecule has 0 radical (unpaired) electrons. The summed E-state index contributed by atoms with van der Waals surface area (Å²) in [5.74, 6) is 0.742. The second kappa shape index (κ2) is 11.4. The third kappa shape index (κ3) is 5.78. The Morgan fingerprint density at radius 2 is 1.85 bits per heavy atom. The predicted octanol–water partition coefficient (Wildman–Crippen LogP) is 5.33. The first-order valence-electron chi connectivity index (χ1n) is 11.5. The van der Waals surface area contributed by atoms with Crippen molar-refractivity contribution < 1.29 is 14.3 Å². The molecule has 2 aliphatic rings. The Morgan fingerprint density at radius 1 is 1.06 bits per heavy atom. The highest BCUT2D eigenvalue weighted by atomic mass is 32.2. The van der Waals surface area contributed by atoms with Gasteiger partial charge in [-0.2, -0.15) is 0 Å². The number of nitrogens with zero attached hydrogens (tertiary/aromatic N) is 3. The van der Waals surface area contributed by atoms with Gasteiger partial charge in [-0.15, -0.1) is 0 Å². The largest absolute Gasteiger partial charge is 0.496 e. The van der Waals surface area contributed by atoms with Crippen LogP contribution in [0.2, 0.25) is 0 Å². The SMILES string of the molecule is COCCCN1C(=O)/C(=C/c2ccc(N3CCCCC3)cc2OC)SC1=Nc1ccccc1. The lowest BCUT2D eigenvalue weighted by molar-refractivity contribution is -0.122. The molecule has 2 saturated heterocycles. The fourth-order valence-electron chi connectivity index (χ4n) is 4.08. The van der Waals surface area contributed by atoms with Crippen molar-refractivity contribution in [2.75, 3.05) is 45.4 Å². The highest BCUT2D eigenvalue weighted by Crippen LogP contribution is 2.36. The number of anilines is 1. The van der Waals surface area contributed by atoms with Crippen LogP contribution < -0.4 is 9.64 Å². The number of benzene rings is 2. The molecule has 0 spiro atoms. The van der Waals surface area contributed by atoms with E-state index >= 15 is 0 Å². The summed E-state index contributed by atoms with van der Waals surface area (Å²) in [6.07, 6.45) is 6.41. The minimum Gasteiger partial charge on any atom is -0.496 e. The smallest absolute Gasteiger partial charge is 0.266 e. The van der Waals surface area contributed by atoms with Crippen LogP contribution in [0.5, 0.6) is 5.75 Å². The van der Waals surface area contributed by atoms with Crippen LogP contribution in [0, 0.1) is 0 Å². The summed E-state index contributed by atoms with van der Waals surface area (Å²) in [6.45, 7) is 3.31. The molecule has 2 aliphatic heterocycles. The van der Waals surface area contributed by atoms with Crippen molar-refractivity contribution in [3.63, 3.8) is 0 Å². The maximum absolute atomic E-state index is 13.3. The minimum atomic E-state index is -0.0343. The Kier molecular flexibility index (Phi) is 8.07. The van der Waals surface area contributed by atoms with Gasteiger partial charge in [-0.3, -0.25) is 9.69 Å². The van der Waals surface area contributed by atoms with Crippen molar-refractivity contribution in [2.45, 2.75) is 25.7 Å². The Morgan fingerprint density at radius 3 is 2.58 bits per heavy atom. The first-order valence-corrected chi connectivity index (χ1v) is 12.3. The van der Waals surface area contributed by atoms with Crippen molar-refractivity contribution in [1.82, 2.24) is 4.90 Å². The number of thioether (sulfide) groups is 1. The summed E-state index contributed by atoms with van der Waals surface area (Å²) in [5, 5.41) is 0.692. The lowest BCUT2D eigenvalue weighted by Crippen LogP contribution is -2.30. The van der Waals surface area contributed by atoms with E-state index in [2.05, 4.69) is 17.0 Å². The zero-order chi connectivity index (χ0) is 23.0. The lowest BCUT2D eigenvalue weighted by Gasteiger charge is -2.29. The fraction of sp³-hybridized carbons (Fsp3) is 0.385. The topological polar surface area (TPSA) is 54.4 Å². The molecule has 2 fully saturated rings. The van der Waals surface area contributed by atoms with Crippen molar-refractivity contribution in [1.29, 1.82) is 0 Å². The maximum atomic E-state index is 13.3. The van der Waals surface area contributed by atoms with Gasteiger partial charge in [0, 0.05) is 50.7 Å². The average molecular weight is 466 g/mol. The second-order valence-electron chi connectivity index (χ2n) is 8.12. The summed E-state index contributed by atoms with van der Waals surface area (Å²) < 4.78 is 10.9. The Labute approximate surface area is 200 Å². The summed E-state index contributed by atoms with van der Waals surface area (Å²) in [5.41, 5.74) is 2.90. The molecule has 4 rings (SSSR count). The van der Waals surface area contributed by atoms with Gasteiger partial charge in [-0.1, -0.05) is 18.2 Å². The van der Waals surface area contributed by atoms with Crippen LogP contribution in [0.1, 0.15) is 31.2 Å². The van der Waals surface area contributed by atoms with E-state index in [0.717, 1.165) is 36.5 Å². The van der Waals surface area contributed by atoms with Gasteiger partial charge in [0.15, 0.2) is 5.17 Å². The quantitative estimate of drug-likeness (QED) is 0.390. The molecule has 0 aromatic heterocycles. The van der Waals surface area contributed by atoms with Crippen molar-refractivity contribution in [2.24, 2.45) is 4.99 Å². The summed E-state index contributed by atoms with van der Waals surface area (Å²) >= 11 is 1.41. The molecule has 0 atom stereocenters. The molecule has 1 amide bonds. The molecule has 0 aliphatic carbocycles. The standard InChI is InChI=1S/C26H31N3O3S/c1-31-17-9-16-29-25(30)24(33-26(29)27-21-10-5-3-6-11-21)18-20-12-13-22(19-23(20)32-2)28-14-7-4-8-15-28/h3,5-6,10-13,18-19H,4,7-9,14-17H2,1-2H3/b24-18-,27-26?. The number of aliphatic imine (C=N–C) groups is 1. The molecule has 2 heterocycles. The van der Waals surface area contributed by atoms with E-state index in [0.29, 0.717) is 23.2 Å². The van der Waals surface area contributed by atoms with Crippen LogP contribution in [0.15, 0.2) is 58.4 Å². The van der Waals surface area contributed by atoms with E-state index in [1.54, 1.807) is 19.1 Å². The number of amides is 1. The third-order valence-corrected chi connectivity index (χ3v) is 6.83. The average Bonchev–Trinajstić information content (AvgIpc) is 3.14. The van der Waals surface area contributed by atoms with Gasteiger partial charge in [0.05, 0.1) is 17.7 Å². The number of hydrogen-bond acceptors (Lipinski definition) is 6. The number of carbonyl (C=O) groups excluding carboxylic acids is 1. The number of carbonyl (C=O) groups is 1. The number of methoxy groups -OCH3 is 2. The predicted molar refractivity (Wildman–Crippen MR) is 136 cm³/mol. The van der Waals surface area contributed by atoms with Crippen molar-refractivity contribution in [3.05, 3.63) is 59.0 Å². The highest BCUT2D eigenvalue weighted by Gasteiger charge is 2.33. The number of amidine groups is 1. The van der Waals surface area contributed by atoms with Gasteiger partial charge in [0.2, 0.25) is 0 Å². The van der Waals surface area contributed by atoms with E-state index in [1.807, 2.05) is 42.5 Å². The minimum absolute atomic E-state index is 0.0343. The fourth-order valence-corrected chi connectivity index (χ4v) is 5.09. The number of piperidine rings is 1. The maximum Gasteiger partial charge on any atom is 0.266 e. The van der Waals surface area contributed by atoms with Crippen LogP contribution in [0.4, 0.5) is 11.4 Å². The summed E-state index contributed by atoms with van der Waals surface area (Å²) in [6, 6.07) is 16.0. The van der Waals surface area contributed by atoms with Gasteiger partial charge in [-0.25, -0.2) is 4.99 Å². The van der Waals surface area contributed by atoms with Gasteiger partial charge in [0.1, 0.15) is 5.75 Å². The van der Waals surface area contributed by atoms with E-state index in [4.69, 9.17) is 14.5 Å². The van der Waals surface area contributed by atoms with Crippen molar-refractivity contribution in [3.8, 4) is 5.75 Å². The zero-order valence-electron chi connectivity index (χ0n) is 19.3. The van der Waals surface area contributed by atoms with Crippen LogP contribution in [-0.4, -0.2) is 56.4 Å². The molecular weight excluding hydrogens is 434 g/mol. The van der Waals surface area contributed by atoms with E-state index in [-0.39, 0.29) is 5.91 Å². The molecule has 174 valence electrons. The van der Waals surface area contributed by atoms with Gasteiger partial charge in [0.25, 0.3) is 5.91 Å². The zero-order valence-corrected chi connectivity index (χ0v) is 20.1. The number of hydrogen-bond donors (Lipinski definition) is 0. The van der Waals surface area contributed by atoms with E-state index in [9.17, 15) is 4.79 Å². The van der Waals surface area contributed by atoms with Crippen molar-refractivity contribution >= 4 is 40.3 Å². The van der Waals surface area contributed by atoms with E-state index < -0.39 is 0 Å². The Bertz CT molecular complexity index is 1020. The van der Waals surface area contributed by atoms with Gasteiger partial charge >= 0.3 is 0 Å².